The normalized spacial score (nSPS) is 27.4. The van der Waals surface area contributed by atoms with E-state index in [9.17, 15) is 0 Å². The summed E-state index contributed by atoms with van der Waals surface area (Å²) in [4.78, 5) is 7.43. The zero-order chi connectivity index (χ0) is 21.2. The number of anilines is 1. The van der Waals surface area contributed by atoms with E-state index in [1.807, 2.05) is 6.20 Å². The Bertz CT molecular complexity index is 860. The molecular weight excluding hydrogens is 380 g/mol. The smallest absolute Gasteiger partial charge is 0.0691 e. The van der Waals surface area contributed by atoms with Gasteiger partial charge in [-0.05, 0) is 81.5 Å². The maximum absolute atomic E-state index is 6.44. The third-order valence-electron chi connectivity index (χ3n) is 8.43. The van der Waals surface area contributed by atoms with Gasteiger partial charge in [-0.25, -0.2) is 0 Å². The molecule has 0 bridgehead atoms. The Morgan fingerprint density at radius 1 is 1.06 bits per heavy atom. The minimum absolute atomic E-state index is 0.120. The van der Waals surface area contributed by atoms with Crippen LogP contribution in [0.1, 0.15) is 88.3 Å². The highest BCUT2D eigenvalue weighted by Crippen LogP contribution is 2.50. The van der Waals surface area contributed by atoms with Crippen molar-refractivity contribution in [1.29, 1.82) is 0 Å². The van der Waals surface area contributed by atoms with E-state index in [2.05, 4.69) is 54.3 Å². The van der Waals surface area contributed by atoms with Gasteiger partial charge < -0.3 is 9.64 Å². The van der Waals surface area contributed by atoms with Crippen LogP contribution in [0.25, 0.3) is 0 Å². The van der Waals surface area contributed by atoms with Crippen LogP contribution in [0.2, 0.25) is 0 Å². The van der Waals surface area contributed by atoms with Crippen molar-refractivity contribution in [2.45, 2.75) is 88.1 Å². The summed E-state index contributed by atoms with van der Waals surface area (Å²) in [5.41, 5.74) is 4.66. The molecule has 1 spiro atoms. The highest BCUT2D eigenvalue weighted by molar-refractivity contribution is 5.57. The summed E-state index contributed by atoms with van der Waals surface area (Å²) in [6, 6.07) is 15.6. The van der Waals surface area contributed by atoms with Crippen LogP contribution >= 0.6 is 0 Å². The lowest BCUT2D eigenvalue weighted by atomic mass is 9.66. The van der Waals surface area contributed by atoms with E-state index < -0.39 is 0 Å². The van der Waals surface area contributed by atoms with Gasteiger partial charge in [0.25, 0.3) is 0 Å². The summed E-state index contributed by atoms with van der Waals surface area (Å²) in [7, 11) is 0. The molecule has 0 radical (unpaired) electrons. The van der Waals surface area contributed by atoms with Crippen LogP contribution in [0.15, 0.2) is 48.7 Å². The fourth-order valence-electron chi connectivity index (χ4n) is 6.82. The maximum Gasteiger partial charge on any atom is 0.0691 e. The first-order valence-corrected chi connectivity index (χ1v) is 12.6. The standard InChI is InChI=1S/C28H38N2O/c1-2-30-20-14-23(24-11-3-4-12-25(24)30)10-9-15-27(26-13-5-8-19-29-26)18-21-31-28(22-27)16-6-7-17-28/h3-5,8,11-13,19,23H,2,6-7,9-10,14-18,20-22H2,1H3/t23-,27-/m1/s1. The van der Waals surface area contributed by atoms with Crippen LogP contribution < -0.4 is 4.90 Å². The summed E-state index contributed by atoms with van der Waals surface area (Å²) in [5, 5.41) is 0. The van der Waals surface area contributed by atoms with Crippen molar-refractivity contribution < 1.29 is 4.74 Å². The molecule has 2 fully saturated rings. The van der Waals surface area contributed by atoms with Gasteiger partial charge in [0.1, 0.15) is 0 Å². The molecule has 166 valence electrons. The first-order chi connectivity index (χ1) is 15.2. The van der Waals surface area contributed by atoms with Crippen LogP contribution in [0.5, 0.6) is 0 Å². The average Bonchev–Trinajstić information content (AvgIpc) is 3.27. The van der Waals surface area contributed by atoms with E-state index in [1.165, 1.54) is 75.7 Å². The molecule has 1 aromatic heterocycles. The highest BCUT2D eigenvalue weighted by atomic mass is 16.5. The highest BCUT2D eigenvalue weighted by Gasteiger charge is 2.48. The lowest BCUT2D eigenvalue weighted by Crippen LogP contribution is -2.46. The predicted octanol–water partition coefficient (Wildman–Crippen LogP) is 6.63. The van der Waals surface area contributed by atoms with Crippen molar-refractivity contribution in [1.82, 2.24) is 4.98 Å². The second kappa shape index (κ2) is 8.94. The summed E-state index contributed by atoms with van der Waals surface area (Å²) in [5.74, 6) is 0.695. The molecule has 0 unspecified atom stereocenters. The lowest BCUT2D eigenvalue weighted by molar-refractivity contribution is -0.105. The molecule has 2 atom stereocenters. The first kappa shape index (κ1) is 21.0. The SMILES string of the molecule is CCN1CC[C@@H](CCC[C@@]2(c3ccccn3)CCOC3(CCCC3)C2)c2ccccc21. The fraction of sp³-hybridized carbons (Fsp3) is 0.607. The Balaban J connectivity index is 1.33. The van der Waals surface area contributed by atoms with Gasteiger partial charge in [0.15, 0.2) is 0 Å². The lowest BCUT2D eigenvalue weighted by Gasteiger charge is -2.46. The molecule has 31 heavy (non-hydrogen) atoms. The second-order valence-corrected chi connectivity index (χ2v) is 10.2. The van der Waals surface area contributed by atoms with E-state index >= 15 is 0 Å². The summed E-state index contributed by atoms with van der Waals surface area (Å²) < 4.78 is 6.44. The van der Waals surface area contributed by atoms with Gasteiger partial charge in [-0.15, -0.1) is 0 Å². The van der Waals surface area contributed by atoms with Gasteiger partial charge >= 0.3 is 0 Å². The number of pyridine rings is 1. The number of rotatable bonds is 6. The Labute approximate surface area is 188 Å². The topological polar surface area (TPSA) is 25.4 Å². The van der Waals surface area contributed by atoms with Gasteiger partial charge in [-0.1, -0.05) is 43.5 Å². The number of fused-ring (bicyclic) bond motifs is 1. The molecule has 3 heteroatoms. The van der Waals surface area contributed by atoms with E-state index in [1.54, 1.807) is 5.56 Å². The van der Waals surface area contributed by atoms with Crippen LogP contribution in [-0.4, -0.2) is 30.3 Å². The van der Waals surface area contributed by atoms with Gasteiger partial charge in [-0.3, -0.25) is 4.98 Å². The van der Waals surface area contributed by atoms with Crippen molar-refractivity contribution >= 4 is 5.69 Å². The Hall–Kier alpha value is -1.87. The largest absolute Gasteiger partial charge is 0.375 e. The summed E-state index contributed by atoms with van der Waals surface area (Å²) >= 11 is 0. The molecule has 2 aliphatic heterocycles. The number of aromatic nitrogens is 1. The number of hydrogen-bond acceptors (Lipinski definition) is 3. The van der Waals surface area contributed by atoms with Crippen LogP contribution in [0, 0.1) is 0 Å². The van der Waals surface area contributed by atoms with Crippen molar-refractivity contribution in [2.24, 2.45) is 0 Å². The summed E-state index contributed by atoms with van der Waals surface area (Å²) in [6.45, 7) is 5.47. The van der Waals surface area contributed by atoms with Crippen molar-refractivity contribution in [3.63, 3.8) is 0 Å². The fourth-order valence-corrected chi connectivity index (χ4v) is 6.82. The number of ether oxygens (including phenoxy) is 1. The van der Waals surface area contributed by atoms with Crippen LogP contribution in [-0.2, 0) is 10.2 Å². The predicted molar refractivity (Wildman–Crippen MR) is 128 cm³/mol. The number of benzene rings is 1. The molecule has 0 amide bonds. The molecule has 1 aliphatic carbocycles. The van der Waals surface area contributed by atoms with E-state index in [0.717, 1.165) is 19.6 Å². The van der Waals surface area contributed by atoms with Gasteiger partial charge in [0.2, 0.25) is 0 Å². The number of hydrogen-bond donors (Lipinski definition) is 0. The Morgan fingerprint density at radius 2 is 1.90 bits per heavy atom. The molecule has 1 saturated heterocycles. The quantitative estimate of drug-likeness (QED) is 0.527. The van der Waals surface area contributed by atoms with Crippen LogP contribution in [0.4, 0.5) is 5.69 Å². The molecule has 3 heterocycles. The van der Waals surface area contributed by atoms with Gasteiger partial charge in [0.05, 0.1) is 5.60 Å². The number of nitrogens with zero attached hydrogens (tertiary/aromatic N) is 2. The molecule has 3 nitrogen and oxygen atoms in total. The van der Waals surface area contributed by atoms with E-state index in [-0.39, 0.29) is 11.0 Å². The molecular formula is C28H38N2O. The Kier molecular flexibility index (Phi) is 6.05. The van der Waals surface area contributed by atoms with E-state index in [4.69, 9.17) is 9.72 Å². The first-order valence-electron chi connectivity index (χ1n) is 12.6. The van der Waals surface area contributed by atoms with Gasteiger partial charge in [0, 0.05) is 42.7 Å². The Morgan fingerprint density at radius 3 is 2.71 bits per heavy atom. The summed E-state index contributed by atoms with van der Waals surface area (Å²) in [6.07, 6.45) is 14.5. The molecule has 3 aliphatic rings. The van der Waals surface area contributed by atoms with Gasteiger partial charge in [-0.2, -0.15) is 0 Å². The monoisotopic (exact) mass is 418 g/mol. The van der Waals surface area contributed by atoms with Crippen molar-refractivity contribution in [2.75, 3.05) is 24.6 Å². The second-order valence-electron chi connectivity index (χ2n) is 10.2. The van der Waals surface area contributed by atoms with Crippen LogP contribution in [0.3, 0.4) is 0 Å². The van der Waals surface area contributed by atoms with E-state index in [0.29, 0.717) is 5.92 Å². The third-order valence-corrected chi connectivity index (χ3v) is 8.43. The third kappa shape index (κ3) is 4.14. The van der Waals surface area contributed by atoms with Crippen molar-refractivity contribution in [3.8, 4) is 0 Å². The molecule has 0 N–H and O–H groups in total. The zero-order valence-corrected chi connectivity index (χ0v) is 19.2. The minimum Gasteiger partial charge on any atom is -0.375 e. The molecule has 1 saturated carbocycles. The molecule has 2 aromatic rings. The average molecular weight is 419 g/mol. The molecule has 5 rings (SSSR count). The van der Waals surface area contributed by atoms with Crippen molar-refractivity contribution in [3.05, 3.63) is 59.9 Å². The molecule has 1 aromatic carbocycles. The minimum atomic E-state index is 0.120. The maximum atomic E-state index is 6.44. The zero-order valence-electron chi connectivity index (χ0n) is 19.2. The number of para-hydroxylation sites is 1.